The third kappa shape index (κ3) is 5.64. The van der Waals surface area contributed by atoms with Crippen LogP contribution < -0.4 is 5.32 Å². The van der Waals surface area contributed by atoms with E-state index in [1.54, 1.807) is 6.07 Å². The molecular formula is C15H22FN. The van der Waals surface area contributed by atoms with Crippen LogP contribution in [0.15, 0.2) is 24.3 Å². The van der Waals surface area contributed by atoms with Gasteiger partial charge < -0.3 is 5.32 Å². The summed E-state index contributed by atoms with van der Waals surface area (Å²) in [5, 5.41) is 3.41. The Morgan fingerprint density at radius 2 is 2.00 bits per heavy atom. The van der Waals surface area contributed by atoms with Crippen LogP contribution in [0.25, 0.3) is 6.08 Å². The molecule has 2 heteroatoms. The van der Waals surface area contributed by atoms with Crippen LogP contribution in [0, 0.1) is 12.7 Å². The van der Waals surface area contributed by atoms with Gasteiger partial charge in [-0.25, -0.2) is 4.39 Å². The smallest absolute Gasteiger partial charge is 0.123 e. The van der Waals surface area contributed by atoms with E-state index in [1.807, 2.05) is 19.1 Å². The number of hydrogen-bond donors (Lipinski definition) is 1. The van der Waals surface area contributed by atoms with Gasteiger partial charge in [-0.15, -0.1) is 0 Å². The van der Waals surface area contributed by atoms with Gasteiger partial charge in [0, 0.05) is 5.54 Å². The molecule has 0 radical (unpaired) electrons. The zero-order valence-corrected chi connectivity index (χ0v) is 11.2. The highest BCUT2D eigenvalue weighted by molar-refractivity contribution is 5.53. The number of halogens is 1. The standard InChI is InChI=1S/C15H22FN/c1-12-8-9-14(16)11-13(12)7-5-6-10-17-15(2,3)4/h5,7-9,11,17H,6,10H2,1-4H3. The molecule has 0 unspecified atom stereocenters. The summed E-state index contributed by atoms with van der Waals surface area (Å²) in [6.45, 7) is 9.37. The first-order valence-electron chi connectivity index (χ1n) is 6.06. The van der Waals surface area contributed by atoms with Gasteiger partial charge in [-0.05, 0) is 63.9 Å². The van der Waals surface area contributed by atoms with Crippen LogP contribution in [0.2, 0.25) is 0 Å². The fraction of sp³-hybridized carbons (Fsp3) is 0.467. The lowest BCUT2D eigenvalue weighted by Gasteiger charge is -2.19. The van der Waals surface area contributed by atoms with Gasteiger partial charge in [-0.1, -0.05) is 18.2 Å². The van der Waals surface area contributed by atoms with Crippen LogP contribution in [0.1, 0.15) is 38.3 Å². The molecule has 0 heterocycles. The largest absolute Gasteiger partial charge is 0.312 e. The number of nitrogens with one attached hydrogen (secondary N) is 1. The number of hydrogen-bond acceptors (Lipinski definition) is 1. The zero-order chi connectivity index (χ0) is 12.9. The molecule has 0 aliphatic rings. The summed E-state index contributed by atoms with van der Waals surface area (Å²) in [6, 6.07) is 4.87. The fourth-order valence-electron chi connectivity index (χ4n) is 1.53. The molecule has 1 nitrogen and oxygen atoms in total. The van der Waals surface area contributed by atoms with Crippen molar-refractivity contribution in [3.05, 3.63) is 41.2 Å². The van der Waals surface area contributed by atoms with Crippen molar-refractivity contribution in [2.45, 2.75) is 39.7 Å². The molecule has 0 aliphatic carbocycles. The van der Waals surface area contributed by atoms with E-state index in [0.29, 0.717) is 0 Å². The van der Waals surface area contributed by atoms with Gasteiger partial charge in [-0.2, -0.15) is 0 Å². The third-order valence-corrected chi connectivity index (χ3v) is 2.51. The summed E-state index contributed by atoms with van der Waals surface area (Å²) >= 11 is 0. The van der Waals surface area contributed by atoms with Crippen LogP contribution in [-0.2, 0) is 0 Å². The quantitative estimate of drug-likeness (QED) is 0.780. The van der Waals surface area contributed by atoms with Crippen molar-refractivity contribution in [3.8, 4) is 0 Å². The van der Waals surface area contributed by atoms with Crippen molar-refractivity contribution in [2.24, 2.45) is 0 Å². The summed E-state index contributed by atoms with van der Waals surface area (Å²) < 4.78 is 13.0. The fourth-order valence-corrected chi connectivity index (χ4v) is 1.53. The molecule has 0 saturated carbocycles. The molecule has 1 aromatic carbocycles. The number of aryl methyl sites for hydroxylation is 1. The van der Waals surface area contributed by atoms with E-state index in [0.717, 1.165) is 24.1 Å². The maximum absolute atomic E-state index is 13.0. The first kappa shape index (κ1) is 13.9. The highest BCUT2D eigenvalue weighted by atomic mass is 19.1. The molecule has 0 aliphatic heterocycles. The molecule has 0 bridgehead atoms. The summed E-state index contributed by atoms with van der Waals surface area (Å²) in [5.41, 5.74) is 2.22. The lowest BCUT2D eigenvalue weighted by Crippen LogP contribution is -2.36. The highest BCUT2D eigenvalue weighted by Gasteiger charge is 2.06. The average molecular weight is 235 g/mol. The Balaban J connectivity index is 2.46. The van der Waals surface area contributed by atoms with Crippen LogP contribution >= 0.6 is 0 Å². The summed E-state index contributed by atoms with van der Waals surface area (Å²) in [6.07, 6.45) is 5.02. The van der Waals surface area contributed by atoms with E-state index in [1.165, 1.54) is 6.07 Å². The van der Waals surface area contributed by atoms with Crippen LogP contribution in [0.3, 0.4) is 0 Å². The van der Waals surface area contributed by atoms with Gasteiger partial charge in [0.05, 0.1) is 0 Å². The molecule has 0 fully saturated rings. The summed E-state index contributed by atoms with van der Waals surface area (Å²) in [4.78, 5) is 0. The van der Waals surface area contributed by atoms with E-state index in [9.17, 15) is 4.39 Å². The molecule has 0 atom stereocenters. The van der Waals surface area contributed by atoms with E-state index in [2.05, 4.69) is 32.2 Å². The molecule has 1 N–H and O–H groups in total. The van der Waals surface area contributed by atoms with E-state index in [-0.39, 0.29) is 11.4 Å². The zero-order valence-electron chi connectivity index (χ0n) is 11.2. The van der Waals surface area contributed by atoms with Gasteiger partial charge in [-0.3, -0.25) is 0 Å². The Labute approximate surface area is 104 Å². The second-order valence-electron chi connectivity index (χ2n) is 5.37. The topological polar surface area (TPSA) is 12.0 Å². The van der Waals surface area contributed by atoms with Gasteiger partial charge in [0.1, 0.15) is 5.82 Å². The van der Waals surface area contributed by atoms with Crippen molar-refractivity contribution < 1.29 is 4.39 Å². The molecule has 1 rings (SSSR count). The van der Waals surface area contributed by atoms with Crippen LogP contribution in [0.5, 0.6) is 0 Å². The SMILES string of the molecule is Cc1ccc(F)cc1C=CCCNC(C)(C)C. The maximum Gasteiger partial charge on any atom is 0.123 e. The molecule has 94 valence electrons. The third-order valence-electron chi connectivity index (χ3n) is 2.51. The van der Waals surface area contributed by atoms with Gasteiger partial charge in [0.2, 0.25) is 0 Å². The van der Waals surface area contributed by atoms with E-state index >= 15 is 0 Å². The van der Waals surface area contributed by atoms with Gasteiger partial charge in [0.25, 0.3) is 0 Å². The number of rotatable bonds is 4. The predicted octanol–water partition coefficient (Wildman–Crippen LogP) is 3.93. The number of benzene rings is 1. The average Bonchev–Trinajstić information content (AvgIpc) is 2.21. The van der Waals surface area contributed by atoms with Crippen molar-refractivity contribution in [1.82, 2.24) is 5.32 Å². The molecule has 0 saturated heterocycles. The Bertz CT molecular complexity index is 388. The Kier molecular flexibility index (Phi) is 4.88. The Morgan fingerprint density at radius 1 is 1.29 bits per heavy atom. The second kappa shape index (κ2) is 5.97. The molecule has 0 spiro atoms. The Morgan fingerprint density at radius 3 is 2.65 bits per heavy atom. The van der Waals surface area contributed by atoms with Crippen molar-refractivity contribution >= 4 is 6.08 Å². The van der Waals surface area contributed by atoms with Crippen LogP contribution in [0.4, 0.5) is 4.39 Å². The second-order valence-corrected chi connectivity index (χ2v) is 5.37. The normalized spacial score (nSPS) is 12.3. The molecule has 1 aromatic rings. The van der Waals surface area contributed by atoms with Crippen molar-refractivity contribution in [3.63, 3.8) is 0 Å². The van der Waals surface area contributed by atoms with Gasteiger partial charge >= 0.3 is 0 Å². The van der Waals surface area contributed by atoms with E-state index in [4.69, 9.17) is 0 Å². The molecule has 17 heavy (non-hydrogen) atoms. The predicted molar refractivity (Wildman–Crippen MR) is 72.5 cm³/mol. The van der Waals surface area contributed by atoms with Gasteiger partial charge in [0.15, 0.2) is 0 Å². The monoisotopic (exact) mass is 235 g/mol. The van der Waals surface area contributed by atoms with Crippen molar-refractivity contribution in [2.75, 3.05) is 6.54 Å². The summed E-state index contributed by atoms with van der Waals surface area (Å²) in [5.74, 6) is -0.178. The summed E-state index contributed by atoms with van der Waals surface area (Å²) in [7, 11) is 0. The van der Waals surface area contributed by atoms with Crippen LogP contribution in [-0.4, -0.2) is 12.1 Å². The molecule has 0 amide bonds. The minimum Gasteiger partial charge on any atom is -0.312 e. The molecular weight excluding hydrogens is 213 g/mol. The first-order valence-corrected chi connectivity index (χ1v) is 6.06. The first-order chi connectivity index (χ1) is 7.88. The van der Waals surface area contributed by atoms with E-state index < -0.39 is 0 Å². The minimum absolute atomic E-state index is 0.155. The van der Waals surface area contributed by atoms with Crippen molar-refractivity contribution in [1.29, 1.82) is 0 Å². The lowest BCUT2D eigenvalue weighted by molar-refractivity contribution is 0.431. The maximum atomic E-state index is 13.0. The Hall–Kier alpha value is -1.15. The minimum atomic E-state index is -0.178. The lowest BCUT2D eigenvalue weighted by atomic mass is 10.1. The highest BCUT2D eigenvalue weighted by Crippen LogP contribution is 2.12. The molecule has 0 aromatic heterocycles.